The molecule has 4 heteroatoms. The number of hydrogen-bond acceptors (Lipinski definition) is 3. The molecule has 0 aliphatic heterocycles. The second-order valence-corrected chi connectivity index (χ2v) is 5.51. The van der Waals surface area contributed by atoms with E-state index < -0.39 is 0 Å². The highest BCUT2D eigenvalue weighted by atomic mass is 16.3. The van der Waals surface area contributed by atoms with Crippen LogP contribution in [0.15, 0.2) is 71.1 Å². The maximum Gasteiger partial charge on any atom is 0.254 e. The zero-order chi connectivity index (χ0) is 16.9. The number of hydrogen-bond donors (Lipinski definition) is 0. The number of amides is 1. The Kier molecular flexibility index (Phi) is 4.57. The zero-order valence-corrected chi connectivity index (χ0v) is 13.3. The molecule has 1 aromatic heterocycles. The maximum atomic E-state index is 12.8. The number of aldehydes is 1. The molecule has 4 nitrogen and oxygen atoms in total. The lowest BCUT2D eigenvalue weighted by Crippen LogP contribution is -2.26. The quantitative estimate of drug-likeness (QED) is 0.667. The summed E-state index contributed by atoms with van der Waals surface area (Å²) in [6, 6.07) is 20.3. The van der Waals surface area contributed by atoms with Gasteiger partial charge in [-0.25, -0.2) is 0 Å². The highest BCUT2D eigenvalue weighted by molar-refractivity contribution is 6.00. The lowest BCUT2D eigenvalue weighted by atomic mass is 10.0. The summed E-state index contributed by atoms with van der Waals surface area (Å²) in [5.74, 6) is 0.651. The minimum atomic E-state index is -0.0986. The lowest BCUT2D eigenvalue weighted by Gasteiger charge is -2.18. The second-order valence-electron chi connectivity index (χ2n) is 5.51. The predicted octanol–water partition coefficient (Wildman–Crippen LogP) is 4.03. The summed E-state index contributed by atoms with van der Waals surface area (Å²) in [5, 5.41) is 0. The van der Waals surface area contributed by atoms with Gasteiger partial charge in [-0.1, -0.05) is 48.5 Å². The smallest absolute Gasteiger partial charge is 0.254 e. The number of carbonyl (C=O) groups excluding carboxylic acids is 2. The highest BCUT2D eigenvalue weighted by Crippen LogP contribution is 2.26. The Labute approximate surface area is 140 Å². The molecule has 1 heterocycles. The van der Waals surface area contributed by atoms with Crippen molar-refractivity contribution >= 4 is 12.2 Å². The van der Waals surface area contributed by atoms with Crippen LogP contribution < -0.4 is 0 Å². The van der Waals surface area contributed by atoms with Gasteiger partial charge in [-0.15, -0.1) is 0 Å². The molecule has 0 saturated heterocycles. The molecule has 24 heavy (non-hydrogen) atoms. The van der Waals surface area contributed by atoms with Crippen LogP contribution in [0.1, 0.15) is 26.5 Å². The van der Waals surface area contributed by atoms with Crippen LogP contribution in [0.5, 0.6) is 0 Å². The van der Waals surface area contributed by atoms with E-state index in [2.05, 4.69) is 0 Å². The first kappa shape index (κ1) is 15.7. The maximum absolute atomic E-state index is 12.8. The van der Waals surface area contributed by atoms with Crippen molar-refractivity contribution in [1.29, 1.82) is 0 Å². The summed E-state index contributed by atoms with van der Waals surface area (Å²) >= 11 is 0. The third-order valence-electron chi connectivity index (χ3n) is 3.78. The van der Waals surface area contributed by atoms with Gasteiger partial charge in [0.15, 0.2) is 12.0 Å². The van der Waals surface area contributed by atoms with Crippen LogP contribution in [0, 0.1) is 0 Å². The molecule has 3 rings (SSSR count). The molecule has 0 aliphatic carbocycles. The van der Waals surface area contributed by atoms with Crippen molar-refractivity contribution < 1.29 is 14.0 Å². The largest absolute Gasteiger partial charge is 0.453 e. The van der Waals surface area contributed by atoms with Crippen LogP contribution in [-0.2, 0) is 6.54 Å². The first-order valence-electron chi connectivity index (χ1n) is 7.63. The Morgan fingerprint density at radius 2 is 1.71 bits per heavy atom. The molecule has 1 amide bonds. The lowest BCUT2D eigenvalue weighted by molar-refractivity contribution is 0.0785. The number of benzene rings is 2. The van der Waals surface area contributed by atoms with Crippen molar-refractivity contribution in [3.63, 3.8) is 0 Å². The molecule has 0 radical (unpaired) electrons. The van der Waals surface area contributed by atoms with Gasteiger partial charge in [0, 0.05) is 19.2 Å². The van der Waals surface area contributed by atoms with E-state index in [0.717, 1.165) is 5.56 Å². The van der Waals surface area contributed by atoms with Gasteiger partial charge in [-0.05, 0) is 23.8 Å². The van der Waals surface area contributed by atoms with Crippen LogP contribution in [0.4, 0.5) is 0 Å². The Hall–Kier alpha value is -3.14. The first-order valence-corrected chi connectivity index (χ1v) is 7.63. The fraction of sp³-hybridized carbons (Fsp3) is 0.100. The summed E-state index contributed by atoms with van der Waals surface area (Å²) in [4.78, 5) is 25.3. The normalized spacial score (nSPS) is 10.4. The average molecular weight is 319 g/mol. The van der Waals surface area contributed by atoms with Crippen LogP contribution in [0.3, 0.4) is 0 Å². The number of nitrogens with zero attached hydrogens (tertiary/aromatic N) is 1. The van der Waals surface area contributed by atoms with E-state index in [1.54, 1.807) is 30.1 Å². The molecule has 0 saturated carbocycles. The molecule has 120 valence electrons. The zero-order valence-electron chi connectivity index (χ0n) is 13.3. The van der Waals surface area contributed by atoms with Crippen molar-refractivity contribution in [2.24, 2.45) is 0 Å². The number of carbonyl (C=O) groups is 2. The first-order chi connectivity index (χ1) is 11.7. The Morgan fingerprint density at radius 3 is 2.42 bits per heavy atom. The third-order valence-corrected chi connectivity index (χ3v) is 3.78. The van der Waals surface area contributed by atoms with Gasteiger partial charge < -0.3 is 9.32 Å². The average Bonchev–Trinajstić information content (AvgIpc) is 3.11. The Balaban J connectivity index is 1.88. The van der Waals surface area contributed by atoms with E-state index in [1.165, 1.54) is 0 Å². The molecule has 0 atom stereocenters. The topological polar surface area (TPSA) is 50.5 Å². The second kappa shape index (κ2) is 6.96. The minimum absolute atomic E-state index is 0.0986. The third kappa shape index (κ3) is 3.27. The van der Waals surface area contributed by atoms with Crippen LogP contribution in [-0.4, -0.2) is 24.1 Å². The predicted molar refractivity (Wildman–Crippen MR) is 91.8 cm³/mol. The van der Waals surface area contributed by atoms with Crippen molar-refractivity contribution in [3.05, 3.63) is 83.6 Å². The van der Waals surface area contributed by atoms with Gasteiger partial charge in [-0.2, -0.15) is 0 Å². The molecule has 0 fully saturated rings. The van der Waals surface area contributed by atoms with Gasteiger partial charge in [-0.3, -0.25) is 9.59 Å². The van der Waals surface area contributed by atoms with Crippen molar-refractivity contribution in [3.8, 4) is 11.3 Å². The molecule has 3 aromatic rings. The summed E-state index contributed by atoms with van der Waals surface area (Å²) in [6.07, 6.45) is 0.648. The van der Waals surface area contributed by atoms with Crippen LogP contribution >= 0.6 is 0 Å². The number of furan rings is 1. The minimum Gasteiger partial charge on any atom is -0.453 e. The van der Waals surface area contributed by atoms with Gasteiger partial charge in [0.05, 0.1) is 5.56 Å². The van der Waals surface area contributed by atoms with Gasteiger partial charge in [0.25, 0.3) is 5.91 Å². The van der Waals surface area contributed by atoms with Gasteiger partial charge in [0.2, 0.25) is 0 Å². The monoisotopic (exact) mass is 319 g/mol. The van der Waals surface area contributed by atoms with Crippen molar-refractivity contribution in [2.75, 3.05) is 7.05 Å². The van der Waals surface area contributed by atoms with Gasteiger partial charge in [0.1, 0.15) is 5.76 Å². The van der Waals surface area contributed by atoms with E-state index in [0.29, 0.717) is 29.7 Å². The standard InChI is InChI=1S/C20H17NO3/c1-21(13-15-7-3-2-4-8-15)20(23)18-10-6-5-9-17(18)19-12-11-16(14-22)24-19/h2-12,14H,13H2,1H3. The van der Waals surface area contributed by atoms with E-state index in [9.17, 15) is 9.59 Å². The molecule has 0 aliphatic rings. The van der Waals surface area contributed by atoms with E-state index in [1.807, 2.05) is 48.5 Å². The van der Waals surface area contributed by atoms with E-state index >= 15 is 0 Å². The van der Waals surface area contributed by atoms with Crippen LogP contribution in [0.2, 0.25) is 0 Å². The number of rotatable bonds is 5. The van der Waals surface area contributed by atoms with Crippen molar-refractivity contribution in [2.45, 2.75) is 6.54 Å². The SMILES string of the molecule is CN(Cc1ccccc1)C(=O)c1ccccc1-c1ccc(C=O)o1. The Bertz CT molecular complexity index is 852. The molecule has 0 N–H and O–H groups in total. The highest BCUT2D eigenvalue weighted by Gasteiger charge is 2.18. The van der Waals surface area contributed by atoms with Gasteiger partial charge >= 0.3 is 0 Å². The van der Waals surface area contributed by atoms with E-state index in [4.69, 9.17) is 4.42 Å². The fourth-order valence-electron chi connectivity index (χ4n) is 2.58. The fourth-order valence-corrected chi connectivity index (χ4v) is 2.58. The van der Waals surface area contributed by atoms with E-state index in [-0.39, 0.29) is 11.7 Å². The molecule has 0 unspecified atom stereocenters. The molecule has 2 aromatic carbocycles. The van der Waals surface area contributed by atoms with Crippen LogP contribution in [0.25, 0.3) is 11.3 Å². The molecule has 0 spiro atoms. The summed E-state index contributed by atoms with van der Waals surface area (Å²) in [6.45, 7) is 0.520. The Morgan fingerprint density at radius 1 is 1.00 bits per heavy atom. The summed E-state index contributed by atoms with van der Waals surface area (Å²) < 4.78 is 5.47. The molecule has 0 bridgehead atoms. The summed E-state index contributed by atoms with van der Waals surface area (Å²) in [7, 11) is 1.77. The van der Waals surface area contributed by atoms with Crippen molar-refractivity contribution in [1.82, 2.24) is 4.90 Å². The summed E-state index contributed by atoms with van der Waals surface area (Å²) in [5.41, 5.74) is 2.28. The molecular weight excluding hydrogens is 302 g/mol. The molecular formula is C20H17NO3.